The van der Waals surface area contributed by atoms with E-state index < -0.39 is 0 Å². The Hall–Kier alpha value is -0.580. The first-order valence-electron chi connectivity index (χ1n) is 7.37. The lowest BCUT2D eigenvalue weighted by molar-refractivity contribution is 0.400. The predicted octanol–water partition coefficient (Wildman–Crippen LogP) is 3.12. The fraction of sp³-hybridized carbons (Fsp3) is 0.625. The Bertz CT molecular complexity index is 405. The molecule has 0 spiro atoms. The van der Waals surface area contributed by atoms with E-state index in [1.807, 2.05) is 0 Å². The van der Waals surface area contributed by atoms with Crippen LogP contribution < -0.4 is 10.6 Å². The van der Waals surface area contributed by atoms with Crippen molar-refractivity contribution in [2.24, 2.45) is 5.73 Å². The topological polar surface area (TPSA) is 32.5 Å². The summed E-state index contributed by atoms with van der Waals surface area (Å²) in [4.78, 5) is 4.69. The average molecular weight is 342 g/mol. The van der Waals surface area contributed by atoms with E-state index >= 15 is 0 Å². The zero-order valence-electron chi connectivity index (χ0n) is 13.2. The zero-order valence-corrected chi connectivity index (χ0v) is 14.8. The summed E-state index contributed by atoms with van der Waals surface area (Å²) in [6, 6.07) is 6.71. The molecule has 3 nitrogen and oxygen atoms in total. The number of nitrogens with two attached hydrogens (primary N) is 1. The number of nitrogens with zero attached hydrogens (tertiary/aromatic N) is 2. The number of halogens is 1. The van der Waals surface area contributed by atoms with Gasteiger partial charge in [0.05, 0.1) is 0 Å². The monoisotopic (exact) mass is 341 g/mol. The first-order chi connectivity index (χ1) is 9.43. The standard InChI is InChI=1S/C16H28BrN3/c1-5-20(10-6-9-19(3)4)16-8-7-15(17)12-14(16)11-13(2)18/h7-8,12-13H,5-6,9-11,18H2,1-4H3. The third kappa shape index (κ3) is 5.81. The van der Waals surface area contributed by atoms with Crippen LogP contribution in [0.15, 0.2) is 22.7 Å². The van der Waals surface area contributed by atoms with Gasteiger partial charge in [-0.3, -0.25) is 0 Å². The fourth-order valence-corrected chi connectivity index (χ4v) is 2.81. The van der Waals surface area contributed by atoms with E-state index in [9.17, 15) is 0 Å². The first-order valence-corrected chi connectivity index (χ1v) is 8.17. The van der Waals surface area contributed by atoms with Gasteiger partial charge >= 0.3 is 0 Å². The van der Waals surface area contributed by atoms with Gasteiger partial charge in [-0.05, 0) is 71.1 Å². The highest BCUT2D eigenvalue weighted by Gasteiger charge is 2.11. The lowest BCUT2D eigenvalue weighted by atomic mass is 10.0. The molecule has 0 aromatic heterocycles. The second-order valence-corrected chi connectivity index (χ2v) is 6.61. The molecule has 0 saturated heterocycles. The third-order valence-electron chi connectivity index (χ3n) is 3.34. The molecule has 4 heteroatoms. The highest BCUT2D eigenvalue weighted by atomic mass is 79.9. The molecule has 114 valence electrons. The minimum Gasteiger partial charge on any atom is -0.372 e. The molecule has 1 atom stereocenters. The largest absolute Gasteiger partial charge is 0.372 e. The Morgan fingerprint density at radius 2 is 1.95 bits per heavy atom. The molecule has 0 aliphatic heterocycles. The number of hydrogen-bond donors (Lipinski definition) is 1. The lowest BCUT2D eigenvalue weighted by Gasteiger charge is -2.27. The van der Waals surface area contributed by atoms with Crippen molar-refractivity contribution < 1.29 is 0 Å². The summed E-state index contributed by atoms with van der Waals surface area (Å²) in [5.74, 6) is 0. The summed E-state index contributed by atoms with van der Waals surface area (Å²) in [7, 11) is 4.24. The highest BCUT2D eigenvalue weighted by Crippen LogP contribution is 2.26. The van der Waals surface area contributed by atoms with Crippen LogP contribution in [0.4, 0.5) is 5.69 Å². The van der Waals surface area contributed by atoms with Crippen LogP contribution in [-0.4, -0.2) is 44.7 Å². The summed E-state index contributed by atoms with van der Waals surface area (Å²) >= 11 is 3.56. The molecule has 2 N–H and O–H groups in total. The van der Waals surface area contributed by atoms with Gasteiger partial charge in [-0.1, -0.05) is 15.9 Å². The van der Waals surface area contributed by atoms with E-state index in [1.165, 1.54) is 17.7 Å². The van der Waals surface area contributed by atoms with Gasteiger partial charge in [-0.2, -0.15) is 0 Å². The molecule has 0 radical (unpaired) electrons. The van der Waals surface area contributed by atoms with Crippen LogP contribution in [0.3, 0.4) is 0 Å². The minimum absolute atomic E-state index is 0.184. The average Bonchev–Trinajstić information content (AvgIpc) is 2.34. The summed E-state index contributed by atoms with van der Waals surface area (Å²) in [6.07, 6.45) is 2.09. The highest BCUT2D eigenvalue weighted by molar-refractivity contribution is 9.10. The third-order valence-corrected chi connectivity index (χ3v) is 3.83. The lowest BCUT2D eigenvalue weighted by Crippen LogP contribution is -2.29. The molecule has 1 unspecified atom stereocenters. The van der Waals surface area contributed by atoms with Crippen molar-refractivity contribution in [1.29, 1.82) is 0 Å². The zero-order chi connectivity index (χ0) is 15.1. The molecule has 0 aliphatic carbocycles. The van der Waals surface area contributed by atoms with Gasteiger partial charge in [0.15, 0.2) is 0 Å². The Morgan fingerprint density at radius 1 is 1.25 bits per heavy atom. The van der Waals surface area contributed by atoms with Gasteiger partial charge in [0, 0.05) is 29.3 Å². The molecule has 20 heavy (non-hydrogen) atoms. The van der Waals surface area contributed by atoms with Gasteiger partial charge in [0.25, 0.3) is 0 Å². The van der Waals surface area contributed by atoms with Gasteiger partial charge in [0.2, 0.25) is 0 Å². The van der Waals surface area contributed by atoms with Gasteiger partial charge < -0.3 is 15.5 Å². The quantitative estimate of drug-likeness (QED) is 0.788. The Morgan fingerprint density at radius 3 is 2.50 bits per heavy atom. The van der Waals surface area contributed by atoms with E-state index in [-0.39, 0.29) is 6.04 Å². The Kier molecular flexibility index (Phi) is 7.56. The van der Waals surface area contributed by atoms with Crippen LogP contribution in [0.25, 0.3) is 0 Å². The Balaban J connectivity index is 2.84. The maximum atomic E-state index is 5.98. The van der Waals surface area contributed by atoms with E-state index in [4.69, 9.17) is 5.73 Å². The van der Waals surface area contributed by atoms with Crippen molar-refractivity contribution >= 4 is 21.6 Å². The van der Waals surface area contributed by atoms with Crippen LogP contribution in [0.5, 0.6) is 0 Å². The van der Waals surface area contributed by atoms with Crippen LogP contribution in [0.2, 0.25) is 0 Å². The summed E-state index contributed by atoms with van der Waals surface area (Å²) in [5, 5.41) is 0. The molecule has 1 aromatic rings. The normalized spacial score (nSPS) is 12.8. The number of rotatable bonds is 8. The van der Waals surface area contributed by atoms with Gasteiger partial charge in [-0.15, -0.1) is 0 Å². The molecule has 0 saturated carbocycles. The minimum atomic E-state index is 0.184. The summed E-state index contributed by atoms with van der Waals surface area (Å²) in [5.41, 5.74) is 8.64. The van der Waals surface area contributed by atoms with E-state index in [2.05, 4.69) is 71.9 Å². The number of anilines is 1. The van der Waals surface area contributed by atoms with E-state index in [0.29, 0.717) is 0 Å². The molecule has 1 aromatic carbocycles. The van der Waals surface area contributed by atoms with Crippen molar-refractivity contribution in [1.82, 2.24) is 4.90 Å². The maximum Gasteiger partial charge on any atom is 0.0400 e. The first kappa shape index (κ1) is 17.5. The van der Waals surface area contributed by atoms with Crippen molar-refractivity contribution in [2.75, 3.05) is 38.6 Å². The van der Waals surface area contributed by atoms with Crippen molar-refractivity contribution in [3.8, 4) is 0 Å². The van der Waals surface area contributed by atoms with Gasteiger partial charge in [0.1, 0.15) is 0 Å². The molecular formula is C16H28BrN3. The predicted molar refractivity (Wildman–Crippen MR) is 92.6 cm³/mol. The van der Waals surface area contributed by atoms with Crippen LogP contribution in [0, 0.1) is 0 Å². The van der Waals surface area contributed by atoms with Crippen molar-refractivity contribution in [3.05, 3.63) is 28.2 Å². The molecule has 0 bridgehead atoms. The molecule has 0 aliphatic rings. The van der Waals surface area contributed by atoms with Crippen LogP contribution in [-0.2, 0) is 6.42 Å². The Labute approximate surface area is 132 Å². The van der Waals surface area contributed by atoms with Crippen LogP contribution >= 0.6 is 15.9 Å². The molecule has 1 rings (SSSR count). The second-order valence-electron chi connectivity index (χ2n) is 5.69. The van der Waals surface area contributed by atoms with Crippen LogP contribution in [0.1, 0.15) is 25.8 Å². The van der Waals surface area contributed by atoms with Gasteiger partial charge in [-0.25, -0.2) is 0 Å². The number of benzene rings is 1. The summed E-state index contributed by atoms with van der Waals surface area (Å²) < 4.78 is 1.13. The molecular weight excluding hydrogens is 314 g/mol. The smallest absolute Gasteiger partial charge is 0.0400 e. The number of hydrogen-bond acceptors (Lipinski definition) is 3. The summed E-state index contributed by atoms with van der Waals surface area (Å²) in [6.45, 7) is 7.51. The van der Waals surface area contributed by atoms with Crippen molar-refractivity contribution in [2.45, 2.75) is 32.7 Å². The second kappa shape index (κ2) is 8.65. The van der Waals surface area contributed by atoms with E-state index in [1.54, 1.807) is 0 Å². The molecule has 0 fully saturated rings. The maximum absolute atomic E-state index is 5.98. The molecule has 0 heterocycles. The molecule has 0 amide bonds. The SMILES string of the molecule is CCN(CCCN(C)C)c1ccc(Br)cc1CC(C)N. The van der Waals surface area contributed by atoms with Crippen molar-refractivity contribution in [3.63, 3.8) is 0 Å². The fourth-order valence-electron chi connectivity index (χ4n) is 2.40. The van der Waals surface area contributed by atoms with E-state index in [0.717, 1.165) is 30.5 Å².